The molecule has 0 unspecified atom stereocenters. The summed E-state index contributed by atoms with van der Waals surface area (Å²) in [5.74, 6) is 0.148. The zero-order valence-corrected chi connectivity index (χ0v) is 16.1. The fraction of sp³-hybridized carbons (Fsp3) is 0.611. The second-order valence-electron chi connectivity index (χ2n) is 6.24. The van der Waals surface area contributed by atoms with E-state index in [0.717, 1.165) is 37.2 Å². The first-order valence-electron chi connectivity index (χ1n) is 8.54. The number of unbranched alkanes of at least 4 members (excludes halogenated alkanes) is 1. The Balaban J connectivity index is 0.00000264. The van der Waals surface area contributed by atoms with Crippen LogP contribution in [0.25, 0.3) is 0 Å². The molecule has 1 aromatic carbocycles. The van der Waals surface area contributed by atoms with Crippen LogP contribution in [0.5, 0.6) is 0 Å². The molecule has 0 bridgehead atoms. The largest absolute Gasteiger partial charge is 0.399 e. The lowest BCUT2D eigenvalue weighted by molar-refractivity contribution is -0.122. The third-order valence-corrected chi connectivity index (χ3v) is 4.46. The van der Waals surface area contributed by atoms with Gasteiger partial charge in [-0.15, -0.1) is 24.8 Å². The van der Waals surface area contributed by atoms with Crippen LogP contribution in [0, 0.1) is 0 Å². The molecule has 1 saturated heterocycles. The van der Waals surface area contributed by atoms with Crippen molar-refractivity contribution in [2.45, 2.75) is 51.5 Å². The molecule has 2 rings (SSSR count). The molecule has 3 N–H and O–H groups in total. The number of nitrogens with one attached hydrogen (secondary N) is 1. The Morgan fingerprint density at radius 3 is 2.54 bits per heavy atom. The van der Waals surface area contributed by atoms with Crippen molar-refractivity contribution in [3.05, 3.63) is 29.8 Å². The number of aryl methyl sites for hydroxylation is 1. The summed E-state index contributed by atoms with van der Waals surface area (Å²) in [4.78, 5) is 14.6. The molecule has 4 nitrogen and oxygen atoms in total. The molecule has 1 aromatic rings. The van der Waals surface area contributed by atoms with Crippen LogP contribution in [0.1, 0.15) is 44.6 Å². The van der Waals surface area contributed by atoms with Gasteiger partial charge in [-0.2, -0.15) is 0 Å². The number of anilines is 1. The van der Waals surface area contributed by atoms with E-state index < -0.39 is 0 Å². The Morgan fingerprint density at radius 1 is 1.25 bits per heavy atom. The molecule has 1 aliphatic heterocycles. The summed E-state index contributed by atoms with van der Waals surface area (Å²) in [6.07, 6.45) is 5.90. The number of benzene rings is 1. The van der Waals surface area contributed by atoms with Gasteiger partial charge in [-0.05, 0) is 43.9 Å². The Bertz CT molecular complexity index is 477. The normalized spacial score (nSPS) is 15.2. The van der Waals surface area contributed by atoms with Gasteiger partial charge in [-0.3, -0.25) is 4.79 Å². The number of nitrogen functional groups attached to an aromatic ring is 1. The van der Waals surface area contributed by atoms with Gasteiger partial charge in [0.25, 0.3) is 0 Å². The summed E-state index contributed by atoms with van der Waals surface area (Å²) >= 11 is 0. The molecule has 0 atom stereocenters. The van der Waals surface area contributed by atoms with Crippen LogP contribution in [0.15, 0.2) is 24.3 Å². The minimum Gasteiger partial charge on any atom is -0.399 e. The van der Waals surface area contributed by atoms with Crippen LogP contribution in [-0.2, 0) is 11.2 Å². The number of nitrogens with two attached hydrogens (primary N) is 1. The fourth-order valence-corrected chi connectivity index (χ4v) is 2.99. The topological polar surface area (TPSA) is 58.4 Å². The fourth-order valence-electron chi connectivity index (χ4n) is 2.99. The van der Waals surface area contributed by atoms with Crippen LogP contribution in [0.2, 0.25) is 0 Å². The maximum Gasteiger partial charge on any atom is 0.220 e. The van der Waals surface area contributed by atoms with Crippen LogP contribution < -0.4 is 11.1 Å². The van der Waals surface area contributed by atoms with E-state index in [9.17, 15) is 4.79 Å². The molecule has 1 aliphatic rings. The molecular formula is C18H31Cl2N3O. The first kappa shape index (κ1) is 23.0. The van der Waals surface area contributed by atoms with Crippen molar-refractivity contribution in [2.24, 2.45) is 0 Å². The number of carbonyl (C=O) groups is 1. The van der Waals surface area contributed by atoms with Gasteiger partial charge in [-0.1, -0.05) is 31.5 Å². The predicted octanol–water partition coefficient (Wildman–Crippen LogP) is 3.43. The molecule has 1 fully saturated rings. The SMILES string of the molecule is CCCCN1CCC(NC(=O)CCc2ccccc2N)CC1.Cl.Cl. The summed E-state index contributed by atoms with van der Waals surface area (Å²) in [7, 11) is 0. The number of rotatable bonds is 7. The molecule has 0 aliphatic carbocycles. The molecule has 0 spiro atoms. The van der Waals surface area contributed by atoms with Gasteiger partial charge in [0.15, 0.2) is 0 Å². The maximum absolute atomic E-state index is 12.1. The van der Waals surface area contributed by atoms with E-state index in [1.54, 1.807) is 0 Å². The number of para-hydroxylation sites is 1. The van der Waals surface area contributed by atoms with Crippen LogP contribution in [0.4, 0.5) is 5.69 Å². The quantitative estimate of drug-likeness (QED) is 0.717. The number of halogens is 2. The second-order valence-corrected chi connectivity index (χ2v) is 6.24. The summed E-state index contributed by atoms with van der Waals surface area (Å²) in [5.41, 5.74) is 7.75. The van der Waals surface area contributed by atoms with Crippen molar-refractivity contribution >= 4 is 36.4 Å². The Kier molecular flexibility index (Phi) is 11.9. The summed E-state index contributed by atoms with van der Waals surface area (Å²) in [6, 6.07) is 8.12. The van der Waals surface area contributed by atoms with Crippen LogP contribution >= 0.6 is 24.8 Å². The smallest absolute Gasteiger partial charge is 0.220 e. The molecule has 6 heteroatoms. The lowest BCUT2D eigenvalue weighted by atomic mass is 10.0. The van der Waals surface area contributed by atoms with E-state index in [4.69, 9.17) is 5.73 Å². The second kappa shape index (κ2) is 12.4. The monoisotopic (exact) mass is 375 g/mol. The standard InChI is InChI=1S/C18H29N3O.2ClH/c1-2-3-12-21-13-10-16(11-14-21)20-18(22)9-8-15-6-4-5-7-17(15)19;;/h4-7,16H,2-3,8-14,19H2,1H3,(H,20,22);2*1H. The van der Waals surface area contributed by atoms with Gasteiger partial charge < -0.3 is 16.0 Å². The van der Waals surface area contributed by atoms with E-state index in [0.29, 0.717) is 18.9 Å². The molecule has 138 valence electrons. The van der Waals surface area contributed by atoms with Crippen molar-refractivity contribution in [1.82, 2.24) is 10.2 Å². The van der Waals surface area contributed by atoms with Crippen molar-refractivity contribution in [3.8, 4) is 0 Å². The highest BCUT2D eigenvalue weighted by molar-refractivity contribution is 5.85. The Labute approximate surface area is 158 Å². The van der Waals surface area contributed by atoms with E-state index in [1.165, 1.54) is 19.4 Å². The minimum atomic E-state index is 0. The molecule has 0 saturated carbocycles. The van der Waals surface area contributed by atoms with Crippen molar-refractivity contribution in [2.75, 3.05) is 25.4 Å². The van der Waals surface area contributed by atoms with E-state index in [2.05, 4.69) is 17.1 Å². The highest BCUT2D eigenvalue weighted by Gasteiger charge is 2.20. The molecule has 1 amide bonds. The first-order valence-corrected chi connectivity index (χ1v) is 8.54. The third-order valence-electron chi connectivity index (χ3n) is 4.46. The van der Waals surface area contributed by atoms with Gasteiger partial charge >= 0.3 is 0 Å². The average molecular weight is 376 g/mol. The zero-order chi connectivity index (χ0) is 15.8. The lowest BCUT2D eigenvalue weighted by Crippen LogP contribution is -2.44. The molecular weight excluding hydrogens is 345 g/mol. The molecule has 24 heavy (non-hydrogen) atoms. The van der Waals surface area contributed by atoms with Gasteiger partial charge in [0.2, 0.25) is 5.91 Å². The van der Waals surface area contributed by atoms with Crippen molar-refractivity contribution in [1.29, 1.82) is 0 Å². The number of hydrogen-bond donors (Lipinski definition) is 2. The van der Waals surface area contributed by atoms with Crippen LogP contribution in [0.3, 0.4) is 0 Å². The number of likely N-dealkylation sites (tertiary alicyclic amines) is 1. The first-order chi connectivity index (χ1) is 10.7. The summed E-state index contributed by atoms with van der Waals surface area (Å²) in [6.45, 7) is 5.64. The van der Waals surface area contributed by atoms with Gasteiger partial charge in [0.1, 0.15) is 0 Å². The molecule has 1 heterocycles. The van der Waals surface area contributed by atoms with Gasteiger partial charge in [-0.25, -0.2) is 0 Å². The number of piperidine rings is 1. The maximum atomic E-state index is 12.1. The number of hydrogen-bond acceptors (Lipinski definition) is 3. The van der Waals surface area contributed by atoms with Gasteiger partial charge in [0, 0.05) is 31.2 Å². The average Bonchev–Trinajstić information content (AvgIpc) is 2.53. The van der Waals surface area contributed by atoms with Crippen molar-refractivity contribution in [3.63, 3.8) is 0 Å². The number of carbonyl (C=O) groups excluding carboxylic acids is 1. The zero-order valence-electron chi connectivity index (χ0n) is 14.5. The molecule has 0 radical (unpaired) electrons. The lowest BCUT2D eigenvalue weighted by Gasteiger charge is -2.32. The molecule has 0 aromatic heterocycles. The minimum absolute atomic E-state index is 0. The predicted molar refractivity (Wildman–Crippen MR) is 106 cm³/mol. The van der Waals surface area contributed by atoms with E-state index in [1.807, 2.05) is 24.3 Å². The Hall–Kier alpha value is -0.970. The van der Waals surface area contributed by atoms with E-state index in [-0.39, 0.29) is 30.7 Å². The van der Waals surface area contributed by atoms with E-state index >= 15 is 0 Å². The Morgan fingerprint density at radius 2 is 1.92 bits per heavy atom. The summed E-state index contributed by atoms with van der Waals surface area (Å²) in [5, 5.41) is 3.18. The summed E-state index contributed by atoms with van der Waals surface area (Å²) < 4.78 is 0. The number of amides is 1. The highest BCUT2D eigenvalue weighted by Crippen LogP contribution is 2.14. The highest BCUT2D eigenvalue weighted by atomic mass is 35.5. The number of nitrogens with zero attached hydrogens (tertiary/aromatic N) is 1. The van der Waals surface area contributed by atoms with Gasteiger partial charge in [0.05, 0.1) is 0 Å². The third kappa shape index (κ3) is 7.73. The van der Waals surface area contributed by atoms with Crippen molar-refractivity contribution < 1.29 is 4.79 Å². The van der Waals surface area contributed by atoms with Crippen LogP contribution in [-0.4, -0.2) is 36.5 Å².